The summed E-state index contributed by atoms with van der Waals surface area (Å²) in [5, 5.41) is 13.6. The SMILES string of the molecule is C[NH2+]/C=C1/C=CC=C(Nc2ncc3c(n2)N(C2CCCC2)CC(C)(C)C(=O)N3C)C1=N. The summed E-state index contributed by atoms with van der Waals surface area (Å²) >= 11 is 0. The summed E-state index contributed by atoms with van der Waals surface area (Å²) < 4.78 is 0. The summed E-state index contributed by atoms with van der Waals surface area (Å²) in [4.78, 5) is 26.5. The highest BCUT2D eigenvalue weighted by molar-refractivity contribution is 6.14. The van der Waals surface area contributed by atoms with Gasteiger partial charge in [-0.2, -0.15) is 4.98 Å². The minimum absolute atomic E-state index is 0.0751. The zero-order chi connectivity index (χ0) is 22.2. The van der Waals surface area contributed by atoms with Gasteiger partial charge in [0.2, 0.25) is 11.9 Å². The van der Waals surface area contributed by atoms with Gasteiger partial charge in [0.25, 0.3) is 0 Å². The van der Waals surface area contributed by atoms with E-state index in [0.29, 0.717) is 29.9 Å². The van der Waals surface area contributed by atoms with Crippen LogP contribution in [0.4, 0.5) is 17.5 Å². The van der Waals surface area contributed by atoms with Crippen LogP contribution in [0.2, 0.25) is 0 Å². The molecule has 0 aromatic carbocycles. The first kappa shape index (κ1) is 21.2. The lowest BCUT2D eigenvalue weighted by molar-refractivity contribution is -0.556. The molecule has 0 bridgehead atoms. The van der Waals surface area contributed by atoms with Gasteiger partial charge in [-0.15, -0.1) is 0 Å². The van der Waals surface area contributed by atoms with Crippen LogP contribution in [0.1, 0.15) is 39.5 Å². The number of hydrogen-bond donors (Lipinski definition) is 3. The maximum atomic E-state index is 13.1. The van der Waals surface area contributed by atoms with E-state index in [0.717, 1.165) is 29.9 Å². The molecule has 0 spiro atoms. The van der Waals surface area contributed by atoms with E-state index in [2.05, 4.69) is 15.2 Å². The van der Waals surface area contributed by atoms with Crippen molar-refractivity contribution in [2.24, 2.45) is 5.41 Å². The second-order valence-electron chi connectivity index (χ2n) is 9.11. The lowest BCUT2D eigenvalue weighted by Crippen LogP contribution is -2.73. The Balaban J connectivity index is 1.71. The van der Waals surface area contributed by atoms with Crippen molar-refractivity contribution in [2.75, 3.05) is 35.8 Å². The number of carbonyl (C=O) groups excluding carboxylic acids is 1. The van der Waals surface area contributed by atoms with Crippen LogP contribution in [0.15, 0.2) is 41.9 Å². The maximum absolute atomic E-state index is 13.1. The molecule has 1 aromatic heterocycles. The zero-order valence-electron chi connectivity index (χ0n) is 18.8. The average Bonchev–Trinajstić information content (AvgIpc) is 3.26. The fourth-order valence-corrected chi connectivity index (χ4v) is 4.64. The molecule has 1 amide bonds. The molecule has 1 aromatic rings. The van der Waals surface area contributed by atoms with Crippen molar-refractivity contribution in [3.63, 3.8) is 0 Å². The smallest absolute Gasteiger partial charge is 0.234 e. The van der Waals surface area contributed by atoms with Crippen LogP contribution in [0.25, 0.3) is 0 Å². The number of amides is 1. The van der Waals surface area contributed by atoms with Crippen molar-refractivity contribution in [3.8, 4) is 0 Å². The Hall–Kier alpha value is -3.00. The van der Waals surface area contributed by atoms with Crippen molar-refractivity contribution >= 4 is 29.1 Å². The highest BCUT2D eigenvalue weighted by Gasteiger charge is 2.41. The number of carbonyl (C=O) groups is 1. The van der Waals surface area contributed by atoms with Gasteiger partial charge in [0.15, 0.2) is 5.82 Å². The van der Waals surface area contributed by atoms with Gasteiger partial charge in [-0.3, -0.25) is 10.2 Å². The fourth-order valence-electron chi connectivity index (χ4n) is 4.64. The Kier molecular flexibility index (Phi) is 5.66. The third-order valence-electron chi connectivity index (χ3n) is 6.29. The highest BCUT2D eigenvalue weighted by Crippen LogP contribution is 2.40. The van der Waals surface area contributed by atoms with Crippen LogP contribution >= 0.6 is 0 Å². The molecule has 164 valence electrons. The summed E-state index contributed by atoms with van der Waals surface area (Å²) in [6.07, 6.45) is 14.0. The molecular weight excluding hydrogens is 390 g/mol. The van der Waals surface area contributed by atoms with E-state index >= 15 is 0 Å². The maximum Gasteiger partial charge on any atom is 0.234 e. The molecule has 4 rings (SSSR count). The molecule has 31 heavy (non-hydrogen) atoms. The summed E-state index contributed by atoms with van der Waals surface area (Å²) in [5.74, 6) is 1.31. The Morgan fingerprint density at radius 3 is 2.77 bits per heavy atom. The summed E-state index contributed by atoms with van der Waals surface area (Å²) in [6.45, 7) is 4.64. The Bertz CT molecular complexity index is 986. The monoisotopic (exact) mass is 422 g/mol. The van der Waals surface area contributed by atoms with Gasteiger partial charge >= 0.3 is 0 Å². The van der Waals surface area contributed by atoms with E-state index in [1.165, 1.54) is 12.8 Å². The number of hydrogen-bond acceptors (Lipinski definition) is 6. The van der Waals surface area contributed by atoms with Crippen molar-refractivity contribution in [2.45, 2.75) is 45.6 Å². The second kappa shape index (κ2) is 8.26. The van der Waals surface area contributed by atoms with E-state index in [1.807, 2.05) is 50.6 Å². The van der Waals surface area contributed by atoms with E-state index in [-0.39, 0.29) is 5.91 Å². The first-order valence-corrected chi connectivity index (χ1v) is 11.0. The molecule has 8 nitrogen and oxygen atoms in total. The van der Waals surface area contributed by atoms with Crippen molar-refractivity contribution in [3.05, 3.63) is 41.9 Å². The average molecular weight is 423 g/mol. The number of fused-ring (bicyclic) bond motifs is 1. The van der Waals surface area contributed by atoms with Crippen LogP contribution in [-0.4, -0.2) is 48.3 Å². The number of nitrogens with one attached hydrogen (secondary N) is 2. The molecule has 2 heterocycles. The Morgan fingerprint density at radius 2 is 2.06 bits per heavy atom. The van der Waals surface area contributed by atoms with Gasteiger partial charge in [0.1, 0.15) is 11.9 Å². The molecule has 0 unspecified atom stereocenters. The van der Waals surface area contributed by atoms with Gasteiger partial charge in [-0.1, -0.05) is 18.9 Å². The molecule has 3 aliphatic rings. The fraction of sp³-hybridized carbons (Fsp3) is 0.478. The number of quaternary nitrogens is 1. The van der Waals surface area contributed by atoms with Crippen LogP contribution in [0.3, 0.4) is 0 Å². The summed E-state index contributed by atoms with van der Waals surface area (Å²) in [6, 6.07) is 0.379. The Morgan fingerprint density at radius 1 is 1.32 bits per heavy atom. The van der Waals surface area contributed by atoms with E-state index in [4.69, 9.17) is 10.4 Å². The quantitative estimate of drug-likeness (QED) is 0.690. The molecule has 8 heteroatoms. The van der Waals surface area contributed by atoms with E-state index in [9.17, 15) is 4.79 Å². The second-order valence-corrected chi connectivity index (χ2v) is 9.11. The van der Waals surface area contributed by atoms with Crippen LogP contribution in [-0.2, 0) is 4.79 Å². The van der Waals surface area contributed by atoms with Gasteiger partial charge in [-0.25, -0.2) is 4.98 Å². The third-order valence-corrected chi connectivity index (χ3v) is 6.29. The lowest BCUT2D eigenvalue weighted by Gasteiger charge is -2.34. The Labute approximate surface area is 183 Å². The molecule has 1 fully saturated rings. The number of nitrogens with two attached hydrogens (primary N) is 1. The molecule has 2 aliphatic carbocycles. The van der Waals surface area contributed by atoms with Crippen LogP contribution in [0, 0.1) is 10.8 Å². The van der Waals surface area contributed by atoms with Gasteiger partial charge < -0.3 is 20.4 Å². The molecule has 0 atom stereocenters. The molecule has 0 saturated heterocycles. The normalized spacial score (nSPS) is 22.6. The first-order chi connectivity index (χ1) is 14.8. The number of aromatic nitrogens is 2. The van der Waals surface area contributed by atoms with Gasteiger partial charge in [0.05, 0.1) is 35.6 Å². The number of rotatable bonds is 4. The standard InChI is InChI=1S/C23H31N7O/c1-23(2)14-30(16-9-5-6-10-16)20-18(29(4)21(23)31)13-26-22(28-20)27-17-11-7-8-15(12-25-3)19(17)24/h7-8,11-13,16,24-25H,5-6,9-10,14H2,1-4H3,(H,26,27,28)/p+1/b15-12-,24-19?. The van der Waals surface area contributed by atoms with E-state index < -0.39 is 5.41 Å². The summed E-state index contributed by atoms with van der Waals surface area (Å²) in [7, 11) is 3.74. The van der Waals surface area contributed by atoms with Crippen molar-refractivity contribution in [1.82, 2.24) is 9.97 Å². The van der Waals surface area contributed by atoms with Crippen molar-refractivity contribution in [1.29, 1.82) is 5.41 Å². The molecule has 1 aliphatic heterocycles. The minimum Gasteiger partial charge on any atom is -0.351 e. The van der Waals surface area contributed by atoms with Crippen molar-refractivity contribution < 1.29 is 10.1 Å². The number of allylic oxidation sites excluding steroid dienone is 4. The lowest BCUT2D eigenvalue weighted by atomic mass is 9.91. The van der Waals surface area contributed by atoms with Crippen LogP contribution in [0.5, 0.6) is 0 Å². The van der Waals surface area contributed by atoms with E-state index in [1.54, 1.807) is 18.1 Å². The predicted molar refractivity (Wildman–Crippen MR) is 123 cm³/mol. The molecule has 4 N–H and O–H groups in total. The number of nitrogens with zero attached hydrogens (tertiary/aromatic N) is 4. The van der Waals surface area contributed by atoms with Gasteiger partial charge in [-0.05, 0) is 38.8 Å². The van der Waals surface area contributed by atoms with Gasteiger partial charge in [0, 0.05) is 19.6 Å². The third kappa shape index (κ3) is 3.99. The minimum atomic E-state index is -0.513. The topological polar surface area (TPSA) is 102 Å². The molecule has 1 saturated carbocycles. The molecular formula is C23H32N7O+. The number of anilines is 3. The molecule has 0 radical (unpaired) electrons. The largest absolute Gasteiger partial charge is 0.351 e. The first-order valence-electron chi connectivity index (χ1n) is 11.0. The zero-order valence-corrected chi connectivity index (χ0v) is 18.8. The predicted octanol–water partition coefficient (Wildman–Crippen LogP) is 2.19. The highest BCUT2D eigenvalue weighted by atomic mass is 16.2. The van der Waals surface area contributed by atoms with Crippen LogP contribution < -0.4 is 20.4 Å². The summed E-state index contributed by atoms with van der Waals surface area (Å²) in [5.41, 5.74) is 2.12.